The van der Waals surface area contributed by atoms with E-state index in [0.717, 1.165) is 29.3 Å². The van der Waals surface area contributed by atoms with Gasteiger partial charge in [-0.1, -0.05) is 13.0 Å². The Morgan fingerprint density at radius 3 is 2.95 bits per heavy atom. The second-order valence-electron chi connectivity index (χ2n) is 5.35. The quantitative estimate of drug-likeness (QED) is 0.786. The van der Waals surface area contributed by atoms with E-state index in [1.54, 1.807) is 11.3 Å². The number of pyridine rings is 1. The molecule has 0 aliphatic rings. The fourth-order valence-corrected chi connectivity index (χ4v) is 3.41. The Bertz CT molecular complexity index is 715. The maximum atomic E-state index is 4.68. The number of hydrogen-bond acceptors (Lipinski definition) is 4. The highest BCUT2D eigenvalue weighted by atomic mass is 32.1. The zero-order valence-electron chi connectivity index (χ0n) is 12.6. The second-order valence-corrected chi connectivity index (χ2v) is 6.23. The fourth-order valence-electron chi connectivity index (χ4n) is 2.69. The number of aryl methyl sites for hydroxylation is 2. The van der Waals surface area contributed by atoms with Crippen molar-refractivity contribution >= 4 is 16.3 Å². The number of nitrogens with zero attached hydrogens (tertiary/aromatic N) is 3. The van der Waals surface area contributed by atoms with Crippen molar-refractivity contribution in [3.05, 3.63) is 52.6 Å². The molecule has 1 unspecified atom stereocenters. The molecule has 21 heavy (non-hydrogen) atoms. The molecule has 3 heterocycles. The van der Waals surface area contributed by atoms with Crippen molar-refractivity contribution in [3.63, 3.8) is 0 Å². The predicted octanol–water partition coefficient (Wildman–Crippen LogP) is 3.30. The molecule has 3 rings (SSSR count). The molecule has 0 amide bonds. The van der Waals surface area contributed by atoms with Crippen LogP contribution >= 0.6 is 11.3 Å². The number of fused-ring (bicyclic) bond motifs is 1. The van der Waals surface area contributed by atoms with Gasteiger partial charge in [0.15, 0.2) is 4.96 Å². The van der Waals surface area contributed by atoms with Crippen LogP contribution in [0.3, 0.4) is 0 Å². The van der Waals surface area contributed by atoms with Crippen LogP contribution in [0.25, 0.3) is 4.96 Å². The van der Waals surface area contributed by atoms with E-state index in [1.165, 1.54) is 11.1 Å². The molecule has 0 aliphatic heterocycles. The van der Waals surface area contributed by atoms with Crippen LogP contribution in [0.4, 0.5) is 0 Å². The molecule has 4 nitrogen and oxygen atoms in total. The summed E-state index contributed by atoms with van der Waals surface area (Å²) in [5, 5.41) is 5.59. The van der Waals surface area contributed by atoms with E-state index in [2.05, 4.69) is 58.1 Å². The summed E-state index contributed by atoms with van der Waals surface area (Å²) in [5.74, 6) is 0. The molecular weight excluding hydrogens is 280 g/mol. The van der Waals surface area contributed by atoms with Gasteiger partial charge in [0.2, 0.25) is 0 Å². The van der Waals surface area contributed by atoms with Gasteiger partial charge in [-0.15, -0.1) is 11.3 Å². The number of nitrogens with one attached hydrogen (secondary N) is 1. The third kappa shape index (κ3) is 2.99. The van der Waals surface area contributed by atoms with Crippen molar-refractivity contribution in [1.82, 2.24) is 19.7 Å². The first kappa shape index (κ1) is 14.2. The molecule has 0 aliphatic carbocycles. The fraction of sp³-hybridized carbons (Fsp3) is 0.375. The van der Waals surface area contributed by atoms with E-state index in [1.807, 2.05) is 12.4 Å². The summed E-state index contributed by atoms with van der Waals surface area (Å²) < 4.78 is 2.08. The van der Waals surface area contributed by atoms with E-state index in [9.17, 15) is 0 Å². The van der Waals surface area contributed by atoms with Crippen molar-refractivity contribution in [2.45, 2.75) is 33.2 Å². The number of aromatic nitrogens is 3. The summed E-state index contributed by atoms with van der Waals surface area (Å²) in [4.78, 5) is 10.4. The van der Waals surface area contributed by atoms with Gasteiger partial charge in [-0.2, -0.15) is 0 Å². The molecule has 3 aromatic heterocycles. The van der Waals surface area contributed by atoms with Crippen LogP contribution in [-0.4, -0.2) is 20.9 Å². The molecule has 0 spiro atoms. The molecule has 0 radical (unpaired) electrons. The molecule has 0 saturated carbocycles. The highest BCUT2D eigenvalue weighted by Crippen LogP contribution is 2.21. The summed E-state index contributed by atoms with van der Waals surface area (Å²) in [6.45, 7) is 7.26. The van der Waals surface area contributed by atoms with Crippen LogP contribution in [0.1, 0.15) is 35.5 Å². The van der Waals surface area contributed by atoms with Gasteiger partial charge in [-0.3, -0.25) is 9.38 Å². The Balaban J connectivity index is 1.88. The van der Waals surface area contributed by atoms with E-state index in [-0.39, 0.29) is 6.04 Å². The number of hydrogen-bond donors (Lipinski definition) is 1. The Morgan fingerprint density at radius 1 is 1.38 bits per heavy atom. The minimum absolute atomic E-state index is 0.209. The first-order valence-corrected chi connectivity index (χ1v) is 8.13. The predicted molar refractivity (Wildman–Crippen MR) is 86.9 cm³/mol. The van der Waals surface area contributed by atoms with E-state index < -0.39 is 0 Å². The Labute approximate surface area is 128 Å². The largest absolute Gasteiger partial charge is 0.309 e. The Hall–Kier alpha value is -1.72. The highest BCUT2D eigenvalue weighted by molar-refractivity contribution is 7.15. The zero-order valence-corrected chi connectivity index (χ0v) is 13.4. The van der Waals surface area contributed by atoms with Crippen molar-refractivity contribution in [2.75, 3.05) is 6.54 Å². The van der Waals surface area contributed by atoms with E-state index in [0.29, 0.717) is 0 Å². The van der Waals surface area contributed by atoms with Gasteiger partial charge in [0.1, 0.15) is 0 Å². The van der Waals surface area contributed by atoms with Gasteiger partial charge < -0.3 is 5.32 Å². The number of likely N-dealkylation sites (N-methyl/N-ethyl adjacent to an activating group) is 1. The SMILES string of the molecule is CCNC(Cc1cn2ccsc2n1)c1ncc(C)cc1C. The van der Waals surface area contributed by atoms with Gasteiger partial charge in [0, 0.05) is 30.4 Å². The maximum Gasteiger partial charge on any atom is 0.193 e. The first-order valence-electron chi connectivity index (χ1n) is 7.25. The first-order chi connectivity index (χ1) is 10.2. The lowest BCUT2D eigenvalue weighted by atomic mass is 10.0. The van der Waals surface area contributed by atoms with E-state index >= 15 is 0 Å². The van der Waals surface area contributed by atoms with Crippen LogP contribution in [0.2, 0.25) is 0 Å². The van der Waals surface area contributed by atoms with Crippen LogP contribution in [0.15, 0.2) is 30.0 Å². The molecule has 1 N–H and O–H groups in total. The van der Waals surface area contributed by atoms with Crippen LogP contribution in [0.5, 0.6) is 0 Å². The number of imidazole rings is 1. The van der Waals surface area contributed by atoms with Crippen LogP contribution < -0.4 is 5.32 Å². The standard InChI is InChI=1S/C16H20N4S/c1-4-17-14(15-12(3)7-11(2)9-18-15)8-13-10-20-5-6-21-16(20)19-13/h5-7,9-10,14,17H,4,8H2,1-3H3. The Morgan fingerprint density at radius 2 is 2.24 bits per heavy atom. The molecule has 0 fully saturated rings. The van der Waals surface area contributed by atoms with Crippen LogP contribution in [0, 0.1) is 13.8 Å². The van der Waals surface area contributed by atoms with Crippen molar-refractivity contribution in [3.8, 4) is 0 Å². The summed E-state index contributed by atoms with van der Waals surface area (Å²) in [6, 6.07) is 2.40. The molecule has 5 heteroatoms. The molecule has 110 valence electrons. The van der Waals surface area contributed by atoms with Crippen molar-refractivity contribution < 1.29 is 0 Å². The van der Waals surface area contributed by atoms with Gasteiger partial charge in [0.05, 0.1) is 17.4 Å². The third-order valence-electron chi connectivity index (χ3n) is 3.59. The second kappa shape index (κ2) is 5.95. The van der Waals surface area contributed by atoms with Crippen LogP contribution in [-0.2, 0) is 6.42 Å². The number of thiazole rings is 1. The molecule has 0 bridgehead atoms. The highest BCUT2D eigenvalue weighted by Gasteiger charge is 2.17. The van der Waals surface area contributed by atoms with Gasteiger partial charge in [-0.25, -0.2) is 4.98 Å². The van der Waals surface area contributed by atoms with Gasteiger partial charge in [0.25, 0.3) is 0 Å². The molecular formula is C16H20N4S. The minimum Gasteiger partial charge on any atom is -0.309 e. The maximum absolute atomic E-state index is 4.68. The summed E-state index contributed by atoms with van der Waals surface area (Å²) in [6.07, 6.45) is 6.96. The van der Waals surface area contributed by atoms with Gasteiger partial charge in [-0.05, 0) is 31.5 Å². The average molecular weight is 300 g/mol. The smallest absolute Gasteiger partial charge is 0.193 e. The number of rotatable bonds is 5. The normalized spacial score (nSPS) is 12.9. The minimum atomic E-state index is 0.209. The van der Waals surface area contributed by atoms with E-state index in [4.69, 9.17) is 0 Å². The van der Waals surface area contributed by atoms with Crippen molar-refractivity contribution in [1.29, 1.82) is 0 Å². The zero-order chi connectivity index (χ0) is 14.8. The molecule has 3 aromatic rings. The topological polar surface area (TPSA) is 42.2 Å². The summed E-state index contributed by atoms with van der Waals surface area (Å²) >= 11 is 1.67. The lowest BCUT2D eigenvalue weighted by Crippen LogP contribution is -2.25. The molecule has 1 atom stereocenters. The molecule has 0 aromatic carbocycles. The Kier molecular flexibility index (Phi) is 4.03. The molecule has 0 saturated heterocycles. The lowest BCUT2D eigenvalue weighted by Gasteiger charge is -2.18. The van der Waals surface area contributed by atoms with Crippen molar-refractivity contribution in [2.24, 2.45) is 0 Å². The summed E-state index contributed by atoms with van der Waals surface area (Å²) in [5.41, 5.74) is 4.67. The third-order valence-corrected chi connectivity index (χ3v) is 4.36. The lowest BCUT2D eigenvalue weighted by molar-refractivity contribution is 0.529. The monoisotopic (exact) mass is 300 g/mol. The average Bonchev–Trinajstić information content (AvgIpc) is 2.99. The van der Waals surface area contributed by atoms with Gasteiger partial charge >= 0.3 is 0 Å². The summed E-state index contributed by atoms with van der Waals surface area (Å²) in [7, 11) is 0.